The number of rotatable bonds is 6. The molecule has 0 unspecified atom stereocenters. The van der Waals surface area contributed by atoms with Crippen molar-refractivity contribution in [2.45, 2.75) is 54.7 Å². The Morgan fingerprint density at radius 1 is 1.10 bits per heavy atom. The molecule has 1 aliphatic carbocycles. The van der Waals surface area contributed by atoms with E-state index >= 15 is 0 Å². The summed E-state index contributed by atoms with van der Waals surface area (Å²) >= 11 is 1.71. The van der Waals surface area contributed by atoms with E-state index in [1.54, 1.807) is 17.8 Å². The molecule has 0 bridgehead atoms. The molecule has 1 saturated carbocycles. The third-order valence-corrected chi connectivity index (χ3v) is 6.56. The first-order valence-electron chi connectivity index (χ1n) is 10.3. The van der Waals surface area contributed by atoms with Crippen LogP contribution >= 0.6 is 11.8 Å². The van der Waals surface area contributed by atoms with Crippen LogP contribution in [0.25, 0.3) is 5.69 Å². The Morgan fingerprint density at radius 3 is 2.63 bits per heavy atom. The van der Waals surface area contributed by atoms with Crippen LogP contribution in [0.4, 0.5) is 5.69 Å². The monoisotopic (exact) mass is 421 g/mol. The van der Waals surface area contributed by atoms with Gasteiger partial charge in [-0.2, -0.15) is 0 Å². The average Bonchev–Trinajstić information content (AvgIpc) is 3.17. The van der Waals surface area contributed by atoms with Gasteiger partial charge in [0.2, 0.25) is 0 Å². The summed E-state index contributed by atoms with van der Waals surface area (Å²) in [5, 5.41) is 14.4. The summed E-state index contributed by atoms with van der Waals surface area (Å²) in [5.74, 6) is -0.443. The number of primary amides is 1. The fraction of sp³-hybridized carbons (Fsp3) is 0.292. The minimum absolute atomic E-state index is 0.217. The van der Waals surface area contributed by atoms with Gasteiger partial charge in [0, 0.05) is 28.5 Å². The molecule has 30 heavy (non-hydrogen) atoms. The molecule has 4 N–H and O–H groups in total. The van der Waals surface area contributed by atoms with Crippen LogP contribution in [0.3, 0.4) is 0 Å². The van der Waals surface area contributed by atoms with Crippen molar-refractivity contribution in [3.8, 4) is 5.69 Å². The summed E-state index contributed by atoms with van der Waals surface area (Å²) in [6.07, 6.45) is 5.11. The first-order valence-corrected chi connectivity index (χ1v) is 11.1. The third kappa shape index (κ3) is 4.71. The Balaban J connectivity index is 1.62. The molecule has 156 valence electrons. The molecule has 5 nitrogen and oxygen atoms in total. The zero-order valence-corrected chi connectivity index (χ0v) is 17.9. The number of benzene rings is 2. The molecule has 0 aliphatic heterocycles. The number of aliphatic hydroxyl groups excluding tert-OH is 1. The topological polar surface area (TPSA) is 80.3 Å². The predicted molar refractivity (Wildman–Crippen MR) is 121 cm³/mol. The molecule has 2 aromatic carbocycles. The van der Waals surface area contributed by atoms with Gasteiger partial charge >= 0.3 is 0 Å². The van der Waals surface area contributed by atoms with Gasteiger partial charge in [-0.3, -0.25) is 4.79 Å². The van der Waals surface area contributed by atoms with Crippen LogP contribution in [-0.4, -0.2) is 27.7 Å². The zero-order valence-electron chi connectivity index (χ0n) is 17.0. The molecule has 3 aromatic rings. The van der Waals surface area contributed by atoms with Crippen molar-refractivity contribution in [1.82, 2.24) is 4.57 Å². The Morgan fingerprint density at radius 2 is 1.90 bits per heavy atom. The second-order valence-corrected chi connectivity index (χ2v) is 8.97. The van der Waals surface area contributed by atoms with Crippen LogP contribution in [0.2, 0.25) is 0 Å². The molecule has 4 rings (SSSR count). The lowest BCUT2D eigenvalue weighted by molar-refractivity contribution is 0.100. The number of hydrogen-bond donors (Lipinski definition) is 3. The minimum atomic E-state index is -0.443. The number of aryl methyl sites for hydroxylation is 1. The van der Waals surface area contributed by atoms with E-state index in [-0.39, 0.29) is 12.1 Å². The van der Waals surface area contributed by atoms with Gasteiger partial charge in [0.15, 0.2) is 0 Å². The van der Waals surface area contributed by atoms with Crippen molar-refractivity contribution < 1.29 is 9.90 Å². The quantitative estimate of drug-likeness (QED) is 0.536. The second kappa shape index (κ2) is 8.98. The lowest BCUT2D eigenvalue weighted by Crippen LogP contribution is -2.29. The summed E-state index contributed by atoms with van der Waals surface area (Å²) in [6, 6.07) is 18.5. The lowest BCUT2D eigenvalue weighted by Gasteiger charge is -2.28. The molecule has 1 aromatic heterocycles. The van der Waals surface area contributed by atoms with Crippen LogP contribution in [-0.2, 0) is 0 Å². The highest BCUT2D eigenvalue weighted by atomic mass is 32.2. The van der Waals surface area contributed by atoms with Crippen LogP contribution in [0.1, 0.15) is 41.6 Å². The first kappa shape index (κ1) is 20.6. The number of hydrogen-bond acceptors (Lipinski definition) is 4. The number of anilines is 1. The highest BCUT2D eigenvalue weighted by molar-refractivity contribution is 7.99. The van der Waals surface area contributed by atoms with E-state index in [1.807, 2.05) is 24.4 Å². The number of nitrogens with zero attached hydrogens (tertiary/aromatic N) is 1. The highest BCUT2D eigenvalue weighted by Gasteiger charge is 2.21. The van der Waals surface area contributed by atoms with Gasteiger partial charge in [0.1, 0.15) is 0 Å². The summed E-state index contributed by atoms with van der Waals surface area (Å²) in [6.45, 7) is 2.09. The van der Waals surface area contributed by atoms with Gasteiger partial charge in [-0.15, -0.1) is 0 Å². The normalized spacial score (nSPS) is 18.9. The molecule has 1 fully saturated rings. The first-order chi connectivity index (χ1) is 14.5. The molecular formula is C24H27N3O2S. The van der Waals surface area contributed by atoms with Crippen molar-refractivity contribution in [2.75, 3.05) is 5.32 Å². The van der Waals surface area contributed by atoms with E-state index < -0.39 is 5.91 Å². The molecule has 1 amide bonds. The number of aliphatic hydroxyl groups is 1. The second-order valence-electron chi connectivity index (χ2n) is 7.88. The standard InChI is InChI=1S/C24H27N3O2S/c1-16-4-2-5-20(14-16)30-23-6-3-13-27(23)18-9-12-21(24(25)29)22(15-18)26-17-7-10-19(28)11-8-17/h2-6,9,12-15,17,19,26,28H,7-8,10-11H2,1H3,(H2,25,29). The summed E-state index contributed by atoms with van der Waals surface area (Å²) in [7, 11) is 0. The zero-order chi connectivity index (χ0) is 21.1. The van der Waals surface area contributed by atoms with Crippen molar-refractivity contribution >= 4 is 23.4 Å². The van der Waals surface area contributed by atoms with E-state index in [9.17, 15) is 9.90 Å². The summed E-state index contributed by atoms with van der Waals surface area (Å²) < 4.78 is 2.12. The van der Waals surface area contributed by atoms with Crippen LogP contribution in [0.15, 0.2) is 70.7 Å². The molecule has 0 radical (unpaired) electrons. The maximum absolute atomic E-state index is 12.0. The van der Waals surface area contributed by atoms with Gasteiger partial charge in [-0.1, -0.05) is 29.5 Å². The maximum atomic E-state index is 12.0. The average molecular weight is 422 g/mol. The van der Waals surface area contributed by atoms with E-state index in [2.05, 4.69) is 47.1 Å². The number of nitrogens with two attached hydrogens (primary N) is 1. The SMILES string of the molecule is Cc1cccc(Sc2cccn2-c2ccc(C(N)=O)c(NC3CCC(O)CC3)c2)c1. The Labute approximate surface area is 181 Å². The van der Waals surface area contributed by atoms with Gasteiger partial charge in [-0.05, 0) is 75.1 Å². The molecule has 0 spiro atoms. The van der Waals surface area contributed by atoms with Crippen molar-refractivity contribution in [3.63, 3.8) is 0 Å². The summed E-state index contributed by atoms with van der Waals surface area (Å²) in [5.41, 5.74) is 9.07. The van der Waals surface area contributed by atoms with Crippen molar-refractivity contribution in [1.29, 1.82) is 0 Å². The van der Waals surface area contributed by atoms with Crippen LogP contribution < -0.4 is 11.1 Å². The summed E-state index contributed by atoms with van der Waals surface area (Å²) in [4.78, 5) is 13.2. The number of aromatic nitrogens is 1. The molecule has 1 aliphatic rings. The molecular weight excluding hydrogens is 394 g/mol. The molecule has 6 heteroatoms. The molecule has 1 heterocycles. The lowest BCUT2D eigenvalue weighted by atomic mass is 9.92. The van der Waals surface area contributed by atoms with Crippen molar-refractivity contribution in [3.05, 3.63) is 71.9 Å². The Bertz CT molecular complexity index is 1040. The minimum Gasteiger partial charge on any atom is -0.393 e. The fourth-order valence-corrected chi connectivity index (χ4v) is 4.96. The fourth-order valence-electron chi connectivity index (χ4n) is 3.92. The maximum Gasteiger partial charge on any atom is 0.250 e. The van der Waals surface area contributed by atoms with E-state index in [4.69, 9.17) is 5.73 Å². The Kier molecular flexibility index (Phi) is 6.16. The number of carbonyl (C=O) groups excluding carboxylic acids is 1. The highest BCUT2D eigenvalue weighted by Crippen LogP contribution is 2.32. The Hall–Kier alpha value is -2.70. The third-order valence-electron chi connectivity index (χ3n) is 5.53. The van der Waals surface area contributed by atoms with E-state index in [0.29, 0.717) is 5.56 Å². The van der Waals surface area contributed by atoms with Gasteiger partial charge in [-0.25, -0.2) is 0 Å². The number of amides is 1. The van der Waals surface area contributed by atoms with Gasteiger partial charge < -0.3 is 20.7 Å². The van der Waals surface area contributed by atoms with E-state index in [0.717, 1.165) is 42.1 Å². The van der Waals surface area contributed by atoms with Gasteiger partial charge in [0.25, 0.3) is 5.91 Å². The van der Waals surface area contributed by atoms with Crippen LogP contribution in [0.5, 0.6) is 0 Å². The predicted octanol–water partition coefficient (Wildman–Crippen LogP) is 4.75. The molecule has 0 saturated heterocycles. The number of nitrogens with one attached hydrogen (secondary N) is 1. The van der Waals surface area contributed by atoms with Crippen molar-refractivity contribution in [2.24, 2.45) is 5.73 Å². The largest absolute Gasteiger partial charge is 0.393 e. The van der Waals surface area contributed by atoms with Crippen LogP contribution in [0, 0.1) is 6.92 Å². The van der Waals surface area contributed by atoms with Gasteiger partial charge in [0.05, 0.1) is 16.7 Å². The number of carbonyl (C=O) groups is 1. The van der Waals surface area contributed by atoms with E-state index in [1.165, 1.54) is 10.5 Å². The molecule has 0 atom stereocenters. The smallest absolute Gasteiger partial charge is 0.250 e.